The monoisotopic (exact) mass is 239 g/mol. The van der Waals surface area contributed by atoms with Crippen LogP contribution in [0.4, 0.5) is 0 Å². The van der Waals surface area contributed by atoms with E-state index in [4.69, 9.17) is 0 Å². The highest BCUT2D eigenvalue weighted by atomic mass is 28.3. The van der Waals surface area contributed by atoms with E-state index in [2.05, 4.69) is 31.1 Å². The van der Waals surface area contributed by atoms with E-state index < -0.39 is 13.6 Å². The molecule has 3 heteroatoms. The predicted octanol–water partition coefficient (Wildman–Crippen LogP) is 3.27. The summed E-state index contributed by atoms with van der Waals surface area (Å²) in [6.45, 7) is 16.3. The molecule has 0 aromatic rings. The number of rotatable bonds is 1. The van der Waals surface area contributed by atoms with E-state index in [9.17, 15) is 5.21 Å². The lowest BCUT2D eigenvalue weighted by Gasteiger charge is -2.22. The zero-order valence-corrected chi connectivity index (χ0v) is 12.9. The van der Waals surface area contributed by atoms with E-state index in [1.165, 1.54) is 0 Å². The zero-order valence-electron chi connectivity index (χ0n) is 11.9. The first kappa shape index (κ1) is 15.2. The van der Waals surface area contributed by atoms with Gasteiger partial charge in [0, 0.05) is 26.7 Å². The Bertz CT molecular complexity index is 332. The van der Waals surface area contributed by atoms with E-state index in [0.29, 0.717) is 5.71 Å². The van der Waals surface area contributed by atoms with Gasteiger partial charge in [0.05, 0.1) is 0 Å². The summed E-state index contributed by atoms with van der Waals surface area (Å²) in [4.78, 5) is 0. The maximum atomic E-state index is 12.1. The lowest BCUT2D eigenvalue weighted by Crippen LogP contribution is -2.35. The van der Waals surface area contributed by atoms with Crippen LogP contribution in [0.15, 0.2) is 0 Å². The molecule has 16 heavy (non-hydrogen) atoms. The predicted molar refractivity (Wildman–Crippen MR) is 74.3 cm³/mol. The molecule has 0 aliphatic carbocycles. The largest absolute Gasteiger partial charge is 0.623 e. The SMILES string of the molecule is CC(C)/C(C#C[Si](C)(C)C)=[N+](\[O-])C(C)(C)C. The van der Waals surface area contributed by atoms with Crippen molar-refractivity contribution in [3.05, 3.63) is 5.21 Å². The van der Waals surface area contributed by atoms with Crippen molar-refractivity contribution in [1.29, 1.82) is 0 Å². The molecule has 0 aliphatic heterocycles. The smallest absolute Gasteiger partial charge is 0.240 e. The van der Waals surface area contributed by atoms with Gasteiger partial charge in [-0.1, -0.05) is 33.5 Å². The zero-order chi connectivity index (χ0) is 13.1. The molecule has 0 aliphatic rings. The summed E-state index contributed by atoms with van der Waals surface area (Å²) in [6, 6.07) is 0. The maximum absolute atomic E-state index is 12.1. The van der Waals surface area contributed by atoms with Gasteiger partial charge in [-0.25, -0.2) is 0 Å². The van der Waals surface area contributed by atoms with E-state index in [0.717, 1.165) is 4.74 Å². The van der Waals surface area contributed by atoms with Gasteiger partial charge in [0.1, 0.15) is 8.07 Å². The molecule has 0 unspecified atom stereocenters. The summed E-state index contributed by atoms with van der Waals surface area (Å²) in [5.74, 6) is 3.29. The Balaban J connectivity index is 5.42. The molecule has 0 saturated carbocycles. The molecule has 0 rings (SSSR count). The summed E-state index contributed by atoms with van der Waals surface area (Å²) < 4.78 is 1.06. The minimum Gasteiger partial charge on any atom is -0.623 e. The topological polar surface area (TPSA) is 26.1 Å². The van der Waals surface area contributed by atoms with Gasteiger partial charge in [-0.3, -0.25) is 0 Å². The summed E-state index contributed by atoms with van der Waals surface area (Å²) in [5, 5.41) is 12.1. The summed E-state index contributed by atoms with van der Waals surface area (Å²) in [7, 11) is -1.42. The van der Waals surface area contributed by atoms with E-state index in [1.54, 1.807) is 0 Å². The fourth-order valence-corrected chi connectivity index (χ4v) is 1.55. The van der Waals surface area contributed by atoms with Crippen molar-refractivity contribution < 1.29 is 4.74 Å². The second-order valence-electron chi connectivity index (χ2n) is 6.51. The fraction of sp³-hybridized carbons (Fsp3) is 0.769. The average Bonchev–Trinajstić information content (AvgIpc) is 1.99. The van der Waals surface area contributed by atoms with Crippen LogP contribution in [-0.2, 0) is 0 Å². The number of hydrogen-bond donors (Lipinski definition) is 0. The molecule has 92 valence electrons. The van der Waals surface area contributed by atoms with Crippen LogP contribution in [0.25, 0.3) is 0 Å². The average molecular weight is 239 g/mol. The Kier molecular flexibility index (Phi) is 4.81. The van der Waals surface area contributed by atoms with Crippen molar-refractivity contribution in [2.75, 3.05) is 0 Å². The molecule has 0 amide bonds. The van der Waals surface area contributed by atoms with Crippen LogP contribution in [0.5, 0.6) is 0 Å². The Morgan fingerprint density at radius 2 is 1.62 bits per heavy atom. The number of hydroxylamine groups is 1. The number of nitrogens with zero attached hydrogens (tertiary/aromatic N) is 1. The van der Waals surface area contributed by atoms with Crippen molar-refractivity contribution in [3.63, 3.8) is 0 Å². The van der Waals surface area contributed by atoms with Gasteiger partial charge in [-0.15, -0.1) is 5.54 Å². The van der Waals surface area contributed by atoms with E-state index in [-0.39, 0.29) is 5.92 Å². The molecule has 0 saturated heterocycles. The van der Waals surface area contributed by atoms with Gasteiger partial charge in [-0.2, -0.15) is 4.74 Å². The Hall–Kier alpha value is -0.753. The molecule has 2 nitrogen and oxygen atoms in total. The molecule has 0 fully saturated rings. The second-order valence-corrected chi connectivity index (χ2v) is 11.3. The molecule has 0 atom stereocenters. The van der Waals surface area contributed by atoms with Gasteiger partial charge < -0.3 is 5.21 Å². The van der Waals surface area contributed by atoms with Gasteiger partial charge >= 0.3 is 0 Å². The Morgan fingerprint density at radius 3 is 1.88 bits per heavy atom. The first-order chi connectivity index (χ1) is 6.95. The molecular weight excluding hydrogens is 214 g/mol. The van der Waals surface area contributed by atoms with Crippen molar-refractivity contribution in [1.82, 2.24) is 0 Å². The van der Waals surface area contributed by atoms with E-state index >= 15 is 0 Å². The minimum atomic E-state index is -1.42. The van der Waals surface area contributed by atoms with Crippen LogP contribution in [0.2, 0.25) is 19.6 Å². The lowest BCUT2D eigenvalue weighted by atomic mass is 10.1. The van der Waals surface area contributed by atoms with Crippen molar-refractivity contribution in [2.45, 2.75) is 59.8 Å². The molecular formula is C13H25NOSi. The minimum absolute atomic E-state index is 0.181. The van der Waals surface area contributed by atoms with Crippen LogP contribution >= 0.6 is 0 Å². The first-order valence-corrected chi connectivity index (χ1v) is 9.32. The van der Waals surface area contributed by atoms with Gasteiger partial charge in [0.2, 0.25) is 5.71 Å². The number of hydrogen-bond acceptors (Lipinski definition) is 1. The van der Waals surface area contributed by atoms with Gasteiger partial charge in [0.15, 0.2) is 5.54 Å². The highest BCUT2D eigenvalue weighted by Gasteiger charge is 2.24. The summed E-state index contributed by atoms with van der Waals surface area (Å²) in [6.07, 6.45) is 0. The third-order valence-electron chi connectivity index (χ3n) is 1.94. The second kappa shape index (κ2) is 5.05. The highest BCUT2D eigenvalue weighted by Crippen LogP contribution is 2.09. The summed E-state index contributed by atoms with van der Waals surface area (Å²) >= 11 is 0. The quantitative estimate of drug-likeness (QED) is 0.172. The highest BCUT2D eigenvalue weighted by molar-refractivity contribution is 6.84. The van der Waals surface area contributed by atoms with Gasteiger partial charge in [0.25, 0.3) is 0 Å². The van der Waals surface area contributed by atoms with Crippen LogP contribution < -0.4 is 0 Å². The lowest BCUT2D eigenvalue weighted by molar-refractivity contribution is -0.536. The van der Waals surface area contributed by atoms with Gasteiger partial charge in [-0.05, 0) is 5.92 Å². The summed E-state index contributed by atoms with van der Waals surface area (Å²) in [5.41, 5.74) is 3.56. The van der Waals surface area contributed by atoms with Crippen molar-refractivity contribution in [3.8, 4) is 11.5 Å². The van der Waals surface area contributed by atoms with Crippen molar-refractivity contribution in [2.24, 2.45) is 5.92 Å². The third kappa shape index (κ3) is 5.36. The van der Waals surface area contributed by atoms with Crippen LogP contribution in [0.1, 0.15) is 34.6 Å². The standard InChI is InChI=1S/C13H25NOSi/c1-11(2)12(9-10-16(6,7)8)14(15)13(3,4)5/h11H,1-8H3/b14-12-. The maximum Gasteiger partial charge on any atom is 0.240 e. The molecule has 0 aromatic heterocycles. The fourth-order valence-electron chi connectivity index (χ4n) is 1.04. The third-order valence-corrected chi connectivity index (χ3v) is 2.82. The molecule has 0 heterocycles. The molecule has 0 spiro atoms. The molecule has 0 N–H and O–H groups in total. The molecule has 0 aromatic carbocycles. The first-order valence-electron chi connectivity index (χ1n) is 5.82. The van der Waals surface area contributed by atoms with Crippen LogP contribution in [0.3, 0.4) is 0 Å². The van der Waals surface area contributed by atoms with Crippen molar-refractivity contribution >= 4 is 13.8 Å². The van der Waals surface area contributed by atoms with Crippen LogP contribution in [0, 0.1) is 22.6 Å². The normalized spacial score (nSPS) is 14.3. The molecule has 0 radical (unpaired) electrons. The molecule has 0 bridgehead atoms. The Labute approximate surface area is 101 Å². The van der Waals surface area contributed by atoms with Crippen LogP contribution in [-0.4, -0.2) is 24.1 Å². The van der Waals surface area contributed by atoms with E-state index in [1.807, 2.05) is 34.6 Å². The Morgan fingerprint density at radius 1 is 1.19 bits per heavy atom.